The van der Waals surface area contributed by atoms with Crippen molar-refractivity contribution in [3.8, 4) is 11.8 Å². The Morgan fingerprint density at radius 2 is 2.28 bits per heavy atom. The SMILES string of the molecule is N#Cc1ccc(NC(=O)N[C@@H]2[C@@H]3COc4c(Br)cc(F)cc4[C@@H]32)nc1. The Labute approximate surface area is 151 Å². The number of anilines is 1. The van der Waals surface area contributed by atoms with E-state index in [1.54, 1.807) is 12.1 Å². The molecule has 25 heavy (non-hydrogen) atoms. The molecule has 0 spiro atoms. The Morgan fingerprint density at radius 1 is 1.44 bits per heavy atom. The van der Waals surface area contributed by atoms with Crippen LogP contribution in [0.15, 0.2) is 34.9 Å². The molecule has 1 aliphatic carbocycles. The first-order valence-electron chi connectivity index (χ1n) is 7.62. The van der Waals surface area contributed by atoms with Crippen LogP contribution in [-0.2, 0) is 0 Å². The van der Waals surface area contributed by atoms with Crippen LogP contribution in [0.2, 0.25) is 0 Å². The average molecular weight is 403 g/mol. The molecular weight excluding hydrogens is 391 g/mol. The first-order chi connectivity index (χ1) is 12.1. The van der Waals surface area contributed by atoms with Crippen molar-refractivity contribution in [3.63, 3.8) is 0 Å². The second-order valence-electron chi connectivity index (χ2n) is 5.97. The Bertz CT molecular complexity index is 897. The number of hydrogen-bond acceptors (Lipinski definition) is 4. The molecule has 0 radical (unpaired) electrons. The monoisotopic (exact) mass is 402 g/mol. The first-order valence-corrected chi connectivity index (χ1v) is 8.41. The van der Waals surface area contributed by atoms with Crippen molar-refractivity contribution in [1.29, 1.82) is 5.26 Å². The second-order valence-corrected chi connectivity index (χ2v) is 6.83. The summed E-state index contributed by atoms with van der Waals surface area (Å²) in [5, 5.41) is 14.2. The third-order valence-corrected chi connectivity index (χ3v) is 5.01. The van der Waals surface area contributed by atoms with Crippen molar-refractivity contribution in [2.24, 2.45) is 5.92 Å². The van der Waals surface area contributed by atoms with Gasteiger partial charge in [0.2, 0.25) is 0 Å². The summed E-state index contributed by atoms with van der Waals surface area (Å²) in [6.07, 6.45) is 1.39. The fourth-order valence-electron chi connectivity index (χ4n) is 3.20. The molecule has 3 atom stereocenters. The van der Waals surface area contributed by atoms with Crippen molar-refractivity contribution in [3.05, 3.63) is 51.9 Å². The number of nitrogens with zero attached hydrogens (tertiary/aromatic N) is 2. The van der Waals surface area contributed by atoms with E-state index in [2.05, 4.69) is 31.5 Å². The molecule has 2 aliphatic rings. The molecule has 2 amide bonds. The number of urea groups is 1. The number of rotatable bonds is 2. The van der Waals surface area contributed by atoms with Crippen molar-refractivity contribution in [2.75, 3.05) is 11.9 Å². The van der Waals surface area contributed by atoms with Gasteiger partial charge in [0, 0.05) is 29.6 Å². The molecule has 1 saturated carbocycles. The van der Waals surface area contributed by atoms with Crippen LogP contribution in [-0.4, -0.2) is 23.7 Å². The van der Waals surface area contributed by atoms with Gasteiger partial charge >= 0.3 is 6.03 Å². The molecule has 6 nitrogen and oxygen atoms in total. The van der Waals surface area contributed by atoms with Crippen LogP contribution in [0.4, 0.5) is 15.0 Å². The number of carbonyl (C=O) groups is 1. The number of amides is 2. The number of carbonyl (C=O) groups excluding carboxylic acids is 1. The minimum Gasteiger partial charge on any atom is -0.492 e. The van der Waals surface area contributed by atoms with E-state index in [4.69, 9.17) is 10.00 Å². The molecule has 1 aromatic carbocycles. The van der Waals surface area contributed by atoms with Gasteiger partial charge in [-0.15, -0.1) is 0 Å². The summed E-state index contributed by atoms with van der Waals surface area (Å²) in [5.74, 6) is 0.815. The molecular formula is C17H12BrFN4O2. The minimum atomic E-state index is -0.395. The summed E-state index contributed by atoms with van der Waals surface area (Å²) < 4.78 is 19.9. The van der Waals surface area contributed by atoms with Gasteiger partial charge in [-0.2, -0.15) is 5.26 Å². The normalized spacial score (nSPS) is 22.7. The van der Waals surface area contributed by atoms with Gasteiger partial charge in [-0.3, -0.25) is 5.32 Å². The van der Waals surface area contributed by atoms with Gasteiger partial charge in [-0.25, -0.2) is 14.2 Å². The van der Waals surface area contributed by atoms with Crippen LogP contribution in [0.1, 0.15) is 17.0 Å². The van der Waals surface area contributed by atoms with Gasteiger partial charge < -0.3 is 10.1 Å². The van der Waals surface area contributed by atoms with Crippen LogP contribution >= 0.6 is 15.9 Å². The molecule has 4 rings (SSSR count). The number of benzene rings is 1. The zero-order chi connectivity index (χ0) is 17.6. The molecule has 1 fully saturated rings. The van der Waals surface area contributed by atoms with Crippen LogP contribution in [0.3, 0.4) is 0 Å². The third-order valence-electron chi connectivity index (χ3n) is 4.42. The highest BCUT2D eigenvalue weighted by Gasteiger charge is 2.56. The highest BCUT2D eigenvalue weighted by molar-refractivity contribution is 9.10. The molecule has 2 N–H and O–H groups in total. The van der Waals surface area contributed by atoms with Crippen molar-refractivity contribution in [2.45, 2.75) is 12.0 Å². The Balaban J connectivity index is 1.44. The molecule has 0 unspecified atom stereocenters. The average Bonchev–Trinajstić information content (AvgIpc) is 3.28. The van der Waals surface area contributed by atoms with Crippen LogP contribution in [0, 0.1) is 23.1 Å². The maximum atomic E-state index is 13.7. The topological polar surface area (TPSA) is 87.0 Å². The lowest BCUT2D eigenvalue weighted by molar-refractivity contribution is 0.249. The van der Waals surface area contributed by atoms with Gasteiger partial charge in [0.25, 0.3) is 0 Å². The number of nitriles is 1. The van der Waals surface area contributed by atoms with E-state index in [9.17, 15) is 9.18 Å². The van der Waals surface area contributed by atoms with Gasteiger partial charge in [0.1, 0.15) is 23.5 Å². The number of aromatic nitrogens is 1. The summed E-state index contributed by atoms with van der Waals surface area (Å²) in [4.78, 5) is 16.1. The summed E-state index contributed by atoms with van der Waals surface area (Å²) in [5.41, 5.74) is 1.19. The van der Waals surface area contributed by atoms with Crippen LogP contribution in [0.5, 0.6) is 5.75 Å². The Kier molecular flexibility index (Phi) is 3.81. The van der Waals surface area contributed by atoms with Crippen LogP contribution < -0.4 is 15.4 Å². The molecule has 2 aromatic rings. The van der Waals surface area contributed by atoms with Crippen molar-refractivity contribution < 1.29 is 13.9 Å². The van der Waals surface area contributed by atoms with Crippen LogP contribution in [0.25, 0.3) is 0 Å². The fraction of sp³-hybridized carbons (Fsp3) is 0.235. The molecule has 1 aliphatic heterocycles. The number of pyridine rings is 1. The summed E-state index contributed by atoms with van der Waals surface area (Å²) in [6.45, 7) is 0.474. The second kappa shape index (κ2) is 6.01. The molecule has 0 saturated heterocycles. The summed E-state index contributed by atoms with van der Waals surface area (Å²) >= 11 is 3.31. The van der Waals surface area contributed by atoms with E-state index in [0.717, 1.165) is 5.56 Å². The lowest BCUT2D eigenvalue weighted by Crippen LogP contribution is -2.32. The number of fused-ring (bicyclic) bond motifs is 3. The standard InChI is InChI=1S/C17H12BrFN4O2/c18-12-4-9(19)3-10-14-11(7-25-16(10)12)15(14)23-17(24)22-13-2-1-8(5-20)6-21-13/h1-4,6,11,14-15H,7H2,(H2,21,22,23,24)/t11-,14+,15-/m1/s1. The quantitative estimate of drug-likeness (QED) is 0.807. The van der Waals surface area contributed by atoms with E-state index in [-0.39, 0.29) is 23.7 Å². The fourth-order valence-corrected chi connectivity index (χ4v) is 3.76. The first kappa shape index (κ1) is 15.8. The number of halogens is 2. The summed E-state index contributed by atoms with van der Waals surface area (Å²) in [6, 6.07) is 7.41. The zero-order valence-electron chi connectivity index (χ0n) is 12.8. The third kappa shape index (κ3) is 2.91. The van der Waals surface area contributed by atoms with Gasteiger partial charge in [0.15, 0.2) is 0 Å². The molecule has 2 heterocycles. The number of ether oxygens (including phenoxy) is 1. The van der Waals surface area contributed by atoms with E-state index < -0.39 is 6.03 Å². The van der Waals surface area contributed by atoms with Crippen molar-refractivity contribution >= 4 is 27.8 Å². The largest absolute Gasteiger partial charge is 0.492 e. The lowest BCUT2D eigenvalue weighted by Gasteiger charge is -2.17. The Hall–Kier alpha value is -2.66. The van der Waals surface area contributed by atoms with Gasteiger partial charge in [0.05, 0.1) is 16.6 Å². The molecule has 126 valence electrons. The van der Waals surface area contributed by atoms with E-state index in [0.29, 0.717) is 28.2 Å². The minimum absolute atomic E-state index is 0.0374. The van der Waals surface area contributed by atoms with E-state index in [1.165, 1.54) is 18.3 Å². The van der Waals surface area contributed by atoms with E-state index >= 15 is 0 Å². The molecule has 0 bridgehead atoms. The highest BCUT2D eigenvalue weighted by Crippen LogP contribution is 2.55. The molecule has 8 heteroatoms. The maximum Gasteiger partial charge on any atom is 0.320 e. The van der Waals surface area contributed by atoms with Gasteiger partial charge in [-0.1, -0.05) is 0 Å². The smallest absolute Gasteiger partial charge is 0.320 e. The zero-order valence-corrected chi connectivity index (χ0v) is 14.4. The maximum absolute atomic E-state index is 13.7. The number of nitrogens with one attached hydrogen (secondary N) is 2. The lowest BCUT2D eigenvalue weighted by atomic mass is 10.1. The predicted octanol–water partition coefficient (Wildman–Crippen LogP) is 3.15. The predicted molar refractivity (Wildman–Crippen MR) is 90.7 cm³/mol. The number of hydrogen-bond donors (Lipinski definition) is 2. The summed E-state index contributed by atoms with van der Waals surface area (Å²) in [7, 11) is 0. The van der Waals surface area contributed by atoms with Crippen molar-refractivity contribution in [1.82, 2.24) is 10.3 Å². The van der Waals surface area contributed by atoms with Gasteiger partial charge in [-0.05, 0) is 40.2 Å². The molecule has 1 aromatic heterocycles. The Morgan fingerprint density at radius 3 is 3.00 bits per heavy atom. The van der Waals surface area contributed by atoms with E-state index in [1.807, 2.05) is 6.07 Å². The highest BCUT2D eigenvalue weighted by atomic mass is 79.9.